The highest BCUT2D eigenvalue weighted by Gasteiger charge is 2.17. The summed E-state index contributed by atoms with van der Waals surface area (Å²) in [6.45, 7) is 2.92. The second kappa shape index (κ2) is 5.83. The van der Waals surface area contributed by atoms with E-state index in [2.05, 4.69) is 0 Å². The van der Waals surface area contributed by atoms with Crippen molar-refractivity contribution in [2.45, 2.75) is 6.54 Å². The van der Waals surface area contributed by atoms with Gasteiger partial charge in [-0.1, -0.05) is 12.2 Å². The van der Waals surface area contributed by atoms with Crippen LogP contribution in [0, 0.1) is 0 Å². The molecule has 0 radical (unpaired) electrons. The van der Waals surface area contributed by atoms with Gasteiger partial charge in [0.1, 0.15) is 11.5 Å². The van der Waals surface area contributed by atoms with Gasteiger partial charge in [-0.3, -0.25) is 4.79 Å². The number of carbonyl (C=O) groups is 1. The first-order valence-corrected chi connectivity index (χ1v) is 7.30. The third kappa shape index (κ3) is 2.91. The molecule has 2 heterocycles. The van der Waals surface area contributed by atoms with Crippen LogP contribution in [-0.2, 0) is 16.1 Å². The molecule has 6 heteroatoms. The number of rotatable bonds is 3. The van der Waals surface area contributed by atoms with Crippen molar-refractivity contribution in [1.82, 2.24) is 9.47 Å². The molecule has 2 aromatic rings. The first-order valence-electron chi connectivity index (χ1n) is 6.89. The molecule has 1 saturated heterocycles. The maximum atomic E-state index is 12.3. The average molecular weight is 303 g/mol. The van der Waals surface area contributed by atoms with E-state index in [1.807, 2.05) is 39.9 Å². The summed E-state index contributed by atoms with van der Waals surface area (Å²) in [4.78, 5) is 14.5. The Morgan fingerprint density at radius 2 is 2.05 bits per heavy atom. The molecule has 2 N–H and O–H groups in total. The molecular formula is C15H17N3O2S. The van der Waals surface area contributed by atoms with Crippen molar-refractivity contribution in [3.8, 4) is 0 Å². The maximum Gasteiger partial charge on any atom is 0.242 e. The Bertz CT molecular complexity index is 689. The number of carbonyl (C=O) groups excluding carboxylic acids is 1. The lowest BCUT2D eigenvalue weighted by Gasteiger charge is -2.27. The summed E-state index contributed by atoms with van der Waals surface area (Å²) < 4.78 is 7.22. The quantitative estimate of drug-likeness (QED) is 0.864. The van der Waals surface area contributed by atoms with Crippen molar-refractivity contribution in [2.75, 3.05) is 26.3 Å². The van der Waals surface area contributed by atoms with Gasteiger partial charge in [0.25, 0.3) is 0 Å². The van der Waals surface area contributed by atoms with Crippen LogP contribution < -0.4 is 5.73 Å². The molecule has 1 aliphatic rings. The topological polar surface area (TPSA) is 60.5 Å². The molecule has 1 fully saturated rings. The van der Waals surface area contributed by atoms with Crippen LogP contribution in [-0.4, -0.2) is 46.7 Å². The molecule has 21 heavy (non-hydrogen) atoms. The molecule has 3 rings (SSSR count). The number of nitrogens with two attached hydrogens (primary N) is 1. The lowest BCUT2D eigenvalue weighted by atomic mass is 10.1. The lowest BCUT2D eigenvalue weighted by molar-refractivity contribution is -0.135. The predicted octanol–water partition coefficient (Wildman–Crippen LogP) is 1.13. The Labute approximate surface area is 128 Å². The highest BCUT2D eigenvalue weighted by atomic mass is 32.1. The zero-order chi connectivity index (χ0) is 14.8. The van der Waals surface area contributed by atoms with Gasteiger partial charge in [0.05, 0.1) is 13.2 Å². The number of thiocarbonyl (C=S) groups is 1. The third-order valence-electron chi connectivity index (χ3n) is 3.72. The van der Waals surface area contributed by atoms with E-state index in [1.165, 1.54) is 0 Å². The van der Waals surface area contributed by atoms with Crippen LogP contribution in [0.4, 0.5) is 0 Å². The molecule has 0 bridgehead atoms. The van der Waals surface area contributed by atoms with E-state index in [0.717, 1.165) is 16.5 Å². The minimum atomic E-state index is 0.120. The zero-order valence-corrected chi connectivity index (χ0v) is 12.4. The molecule has 1 aromatic heterocycles. The van der Waals surface area contributed by atoms with E-state index in [9.17, 15) is 4.79 Å². The second-order valence-electron chi connectivity index (χ2n) is 5.07. The van der Waals surface area contributed by atoms with E-state index in [1.54, 1.807) is 0 Å². The molecule has 0 spiro atoms. The maximum absolute atomic E-state index is 12.3. The third-order valence-corrected chi connectivity index (χ3v) is 3.96. The highest BCUT2D eigenvalue weighted by molar-refractivity contribution is 7.80. The number of aromatic nitrogens is 1. The van der Waals surface area contributed by atoms with Crippen LogP contribution in [0.15, 0.2) is 30.5 Å². The number of ether oxygens (including phenoxy) is 1. The van der Waals surface area contributed by atoms with Crippen LogP contribution in [0.3, 0.4) is 0 Å². The van der Waals surface area contributed by atoms with Gasteiger partial charge in [-0.2, -0.15) is 0 Å². The monoisotopic (exact) mass is 303 g/mol. The fourth-order valence-corrected chi connectivity index (χ4v) is 2.68. The van der Waals surface area contributed by atoms with Crippen LogP contribution in [0.1, 0.15) is 5.56 Å². The van der Waals surface area contributed by atoms with Gasteiger partial charge in [0.15, 0.2) is 0 Å². The van der Waals surface area contributed by atoms with Crippen molar-refractivity contribution in [3.05, 3.63) is 36.0 Å². The highest BCUT2D eigenvalue weighted by Crippen LogP contribution is 2.18. The Kier molecular flexibility index (Phi) is 3.90. The van der Waals surface area contributed by atoms with Gasteiger partial charge in [-0.05, 0) is 24.3 Å². The van der Waals surface area contributed by atoms with Crippen molar-refractivity contribution in [1.29, 1.82) is 0 Å². The molecule has 0 unspecified atom stereocenters. The van der Waals surface area contributed by atoms with Crippen molar-refractivity contribution in [2.24, 2.45) is 5.73 Å². The number of morpholine rings is 1. The lowest BCUT2D eigenvalue weighted by Crippen LogP contribution is -2.42. The summed E-state index contributed by atoms with van der Waals surface area (Å²) in [5.74, 6) is 0.120. The van der Waals surface area contributed by atoms with Gasteiger partial charge in [0.2, 0.25) is 5.91 Å². The SMILES string of the molecule is NC(=S)c1ccc2c(ccn2CC(=O)N2CCOCC2)c1. The van der Waals surface area contributed by atoms with Crippen LogP contribution in [0.2, 0.25) is 0 Å². The molecule has 1 aromatic carbocycles. The summed E-state index contributed by atoms with van der Waals surface area (Å²) in [6, 6.07) is 7.77. The first kappa shape index (κ1) is 14.0. The Hall–Kier alpha value is -1.92. The minimum Gasteiger partial charge on any atom is -0.389 e. The first-order chi connectivity index (χ1) is 10.1. The number of hydrogen-bond donors (Lipinski definition) is 1. The largest absolute Gasteiger partial charge is 0.389 e. The molecule has 0 aliphatic carbocycles. The zero-order valence-electron chi connectivity index (χ0n) is 11.6. The van der Waals surface area contributed by atoms with E-state index in [-0.39, 0.29) is 5.91 Å². The molecule has 1 amide bonds. The molecule has 1 aliphatic heterocycles. The summed E-state index contributed by atoms with van der Waals surface area (Å²) >= 11 is 4.99. The number of benzene rings is 1. The number of fused-ring (bicyclic) bond motifs is 1. The normalized spacial score (nSPS) is 15.3. The summed E-state index contributed by atoms with van der Waals surface area (Å²) in [5.41, 5.74) is 7.49. The van der Waals surface area contributed by atoms with E-state index >= 15 is 0 Å². The number of amides is 1. The number of nitrogens with zero attached hydrogens (tertiary/aromatic N) is 2. The molecular weight excluding hydrogens is 286 g/mol. The van der Waals surface area contributed by atoms with E-state index in [4.69, 9.17) is 22.7 Å². The predicted molar refractivity (Wildman–Crippen MR) is 85.2 cm³/mol. The molecule has 0 atom stereocenters. The molecule has 0 saturated carbocycles. The fourth-order valence-electron chi connectivity index (χ4n) is 2.55. The van der Waals surface area contributed by atoms with Gasteiger partial charge in [-0.25, -0.2) is 0 Å². The van der Waals surface area contributed by atoms with Gasteiger partial charge >= 0.3 is 0 Å². The van der Waals surface area contributed by atoms with Crippen molar-refractivity contribution >= 4 is 34.0 Å². The summed E-state index contributed by atoms with van der Waals surface area (Å²) in [6.07, 6.45) is 1.92. The Morgan fingerprint density at radius 3 is 2.76 bits per heavy atom. The number of hydrogen-bond acceptors (Lipinski definition) is 3. The standard InChI is InChI=1S/C15H17N3O2S/c16-15(21)12-1-2-13-11(9-12)3-4-18(13)10-14(19)17-5-7-20-8-6-17/h1-4,9H,5-8,10H2,(H2,16,21). The van der Waals surface area contributed by atoms with Gasteiger partial charge in [0, 0.05) is 35.8 Å². The summed E-state index contributed by atoms with van der Waals surface area (Å²) in [7, 11) is 0. The molecule has 5 nitrogen and oxygen atoms in total. The van der Waals surface area contributed by atoms with E-state index in [0.29, 0.717) is 37.8 Å². The van der Waals surface area contributed by atoms with Crippen molar-refractivity contribution < 1.29 is 9.53 Å². The summed E-state index contributed by atoms with van der Waals surface area (Å²) in [5, 5.41) is 1.04. The van der Waals surface area contributed by atoms with Crippen molar-refractivity contribution in [3.63, 3.8) is 0 Å². The minimum absolute atomic E-state index is 0.120. The fraction of sp³-hybridized carbons (Fsp3) is 0.333. The smallest absolute Gasteiger partial charge is 0.242 e. The van der Waals surface area contributed by atoms with Gasteiger partial charge in [-0.15, -0.1) is 0 Å². The van der Waals surface area contributed by atoms with Crippen LogP contribution in [0.5, 0.6) is 0 Å². The second-order valence-corrected chi connectivity index (χ2v) is 5.51. The van der Waals surface area contributed by atoms with Gasteiger partial charge < -0.3 is 19.9 Å². The average Bonchev–Trinajstić information content (AvgIpc) is 2.90. The Balaban J connectivity index is 1.80. The van der Waals surface area contributed by atoms with E-state index < -0.39 is 0 Å². The Morgan fingerprint density at radius 1 is 1.29 bits per heavy atom. The van der Waals surface area contributed by atoms with Crippen LogP contribution >= 0.6 is 12.2 Å². The van der Waals surface area contributed by atoms with Crippen LogP contribution in [0.25, 0.3) is 10.9 Å². The molecule has 110 valence electrons.